The molecule has 0 aliphatic carbocycles. The molecule has 0 radical (unpaired) electrons. The summed E-state index contributed by atoms with van der Waals surface area (Å²) in [5, 5.41) is 9.76. The lowest BCUT2D eigenvalue weighted by atomic mass is 9.80. The quantitative estimate of drug-likeness (QED) is 0.531. The van der Waals surface area contributed by atoms with E-state index in [0.29, 0.717) is 19.4 Å². The Bertz CT molecular complexity index is 458. The SMILES string of the molecule is CCCCCC(=O)OCC[C@@](C)(CO)c1cccc(OC)c1. The summed E-state index contributed by atoms with van der Waals surface area (Å²) in [4.78, 5) is 11.6. The molecule has 0 spiro atoms. The highest BCUT2D eigenvalue weighted by atomic mass is 16.5. The van der Waals surface area contributed by atoms with Gasteiger partial charge in [-0.25, -0.2) is 0 Å². The average Bonchev–Trinajstić information content (AvgIpc) is 2.55. The van der Waals surface area contributed by atoms with Crippen molar-refractivity contribution >= 4 is 5.97 Å². The van der Waals surface area contributed by atoms with E-state index in [1.54, 1.807) is 7.11 Å². The molecule has 0 bridgehead atoms. The van der Waals surface area contributed by atoms with Crippen molar-refractivity contribution in [1.29, 1.82) is 0 Å². The summed E-state index contributed by atoms with van der Waals surface area (Å²) in [6.45, 7) is 4.38. The number of methoxy groups -OCH3 is 1. The molecule has 0 saturated carbocycles. The maximum atomic E-state index is 11.6. The van der Waals surface area contributed by atoms with Gasteiger partial charge < -0.3 is 14.6 Å². The number of unbranched alkanes of at least 4 members (excludes halogenated alkanes) is 2. The fourth-order valence-corrected chi connectivity index (χ4v) is 2.29. The zero-order chi connectivity index (χ0) is 16.4. The van der Waals surface area contributed by atoms with Gasteiger partial charge in [-0.15, -0.1) is 0 Å². The Kier molecular flexibility index (Phi) is 7.96. The maximum Gasteiger partial charge on any atom is 0.305 e. The van der Waals surface area contributed by atoms with E-state index >= 15 is 0 Å². The summed E-state index contributed by atoms with van der Waals surface area (Å²) in [7, 11) is 1.62. The number of ether oxygens (including phenoxy) is 2. The molecule has 4 heteroatoms. The van der Waals surface area contributed by atoms with Crippen LogP contribution < -0.4 is 4.74 Å². The van der Waals surface area contributed by atoms with Crippen molar-refractivity contribution in [2.24, 2.45) is 0 Å². The molecule has 0 heterocycles. The third-order valence-corrected chi connectivity index (χ3v) is 4.02. The molecule has 124 valence electrons. The van der Waals surface area contributed by atoms with Crippen LogP contribution in [0.15, 0.2) is 24.3 Å². The molecule has 22 heavy (non-hydrogen) atoms. The Balaban J connectivity index is 2.54. The van der Waals surface area contributed by atoms with Crippen molar-refractivity contribution in [3.63, 3.8) is 0 Å². The van der Waals surface area contributed by atoms with Gasteiger partial charge in [0.15, 0.2) is 0 Å². The zero-order valence-corrected chi connectivity index (χ0v) is 13.9. The van der Waals surface area contributed by atoms with Crippen LogP contribution in [0.1, 0.15) is 51.5 Å². The van der Waals surface area contributed by atoms with Crippen molar-refractivity contribution in [1.82, 2.24) is 0 Å². The second kappa shape index (κ2) is 9.46. The second-order valence-electron chi connectivity index (χ2n) is 5.88. The summed E-state index contributed by atoms with van der Waals surface area (Å²) in [5.74, 6) is 0.605. The molecule has 0 unspecified atom stereocenters. The van der Waals surface area contributed by atoms with Crippen LogP contribution in [0.2, 0.25) is 0 Å². The van der Waals surface area contributed by atoms with Crippen LogP contribution in [0.5, 0.6) is 5.75 Å². The summed E-state index contributed by atoms with van der Waals surface area (Å²) >= 11 is 0. The molecule has 1 N–H and O–H groups in total. The van der Waals surface area contributed by atoms with Gasteiger partial charge in [0.2, 0.25) is 0 Å². The largest absolute Gasteiger partial charge is 0.497 e. The molecule has 0 amide bonds. The fraction of sp³-hybridized carbons (Fsp3) is 0.611. The van der Waals surface area contributed by atoms with Crippen molar-refractivity contribution in [2.75, 3.05) is 20.3 Å². The van der Waals surface area contributed by atoms with E-state index < -0.39 is 5.41 Å². The standard InChI is InChI=1S/C18H28O4/c1-4-5-6-10-17(20)22-12-11-18(2,14-19)15-8-7-9-16(13-15)21-3/h7-9,13,19H,4-6,10-12,14H2,1-3H3/t18-/m0/s1. The molecule has 1 aromatic rings. The Morgan fingerprint density at radius 2 is 2.09 bits per heavy atom. The number of hydrogen-bond donors (Lipinski definition) is 1. The van der Waals surface area contributed by atoms with E-state index in [1.807, 2.05) is 31.2 Å². The number of rotatable bonds is 10. The molecule has 1 atom stereocenters. The summed E-state index contributed by atoms with van der Waals surface area (Å²) in [5.41, 5.74) is 0.537. The van der Waals surface area contributed by atoms with Gasteiger partial charge in [-0.05, 0) is 30.5 Å². The third-order valence-electron chi connectivity index (χ3n) is 4.02. The van der Waals surface area contributed by atoms with E-state index in [1.165, 1.54) is 0 Å². The Labute approximate surface area is 133 Å². The normalized spacial score (nSPS) is 13.5. The maximum absolute atomic E-state index is 11.6. The number of carbonyl (C=O) groups is 1. The highest BCUT2D eigenvalue weighted by Gasteiger charge is 2.26. The molecular formula is C18H28O4. The van der Waals surface area contributed by atoms with Crippen molar-refractivity contribution in [3.05, 3.63) is 29.8 Å². The van der Waals surface area contributed by atoms with Gasteiger partial charge in [-0.3, -0.25) is 4.79 Å². The lowest BCUT2D eigenvalue weighted by Crippen LogP contribution is -2.29. The monoisotopic (exact) mass is 308 g/mol. The van der Waals surface area contributed by atoms with E-state index in [2.05, 4.69) is 6.92 Å². The van der Waals surface area contributed by atoms with Crippen LogP contribution in [0.4, 0.5) is 0 Å². The topological polar surface area (TPSA) is 55.8 Å². The van der Waals surface area contributed by atoms with Crippen LogP contribution in [0.3, 0.4) is 0 Å². The highest BCUT2D eigenvalue weighted by Crippen LogP contribution is 2.29. The van der Waals surface area contributed by atoms with Gasteiger partial charge in [0, 0.05) is 11.8 Å². The van der Waals surface area contributed by atoms with E-state index in [0.717, 1.165) is 30.6 Å². The number of benzene rings is 1. The van der Waals surface area contributed by atoms with Crippen LogP contribution in [-0.2, 0) is 14.9 Å². The van der Waals surface area contributed by atoms with Crippen LogP contribution in [-0.4, -0.2) is 31.4 Å². The number of hydrogen-bond acceptors (Lipinski definition) is 4. The van der Waals surface area contributed by atoms with E-state index in [4.69, 9.17) is 9.47 Å². The Morgan fingerprint density at radius 1 is 1.32 bits per heavy atom. The highest BCUT2D eigenvalue weighted by molar-refractivity contribution is 5.69. The minimum Gasteiger partial charge on any atom is -0.497 e. The smallest absolute Gasteiger partial charge is 0.305 e. The minimum atomic E-state index is -0.446. The third kappa shape index (κ3) is 5.68. The predicted molar refractivity (Wildman–Crippen MR) is 87.1 cm³/mol. The summed E-state index contributed by atoms with van der Waals surface area (Å²) < 4.78 is 10.5. The molecule has 0 saturated heterocycles. The van der Waals surface area contributed by atoms with Crippen LogP contribution in [0, 0.1) is 0 Å². The first-order chi connectivity index (χ1) is 10.6. The minimum absolute atomic E-state index is 0.00640. The zero-order valence-electron chi connectivity index (χ0n) is 13.9. The van der Waals surface area contributed by atoms with Gasteiger partial charge in [0.25, 0.3) is 0 Å². The fourth-order valence-electron chi connectivity index (χ4n) is 2.29. The lowest BCUT2D eigenvalue weighted by molar-refractivity contribution is -0.144. The van der Waals surface area contributed by atoms with Crippen LogP contribution >= 0.6 is 0 Å². The van der Waals surface area contributed by atoms with Crippen molar-refractivity contribution < 1.29 is 19.4 Å². The molecule has 1 rings (SSSR count). The average molecular weight is 308 g/mol. The molecule has 0 aliphatic heterocycles. The molecule has 0 fully saturated rings. The molecule has 0 aliphatic rings. The Morgan fingerprint density at radius 3 is 2.73 bits per heavy atom. The van der Waals surface area contributed by atoms with Gasteiger partial charge in [-0.1, -0.05) is 38.8 Å². The van der Waals surface area contributed by atoms with Crippen molar-refractivity contribution in [3.8, 4) is 5.75 Å². The van der Waals surface area contributed by atoms with Crippen LogP contribution in [0.25, 0.3) is 0 Å². The number of aliphatic hydroxyl groups excluding tert-OH is 1. The second-order valence-corrected chi connectivity index (χ2v) is 5.88. The number of esters is 1. The first-order valence-corrected chi connectivity index (χ1v) is 7.96. The molecule has 4 nitrogen and oxygen atoms in total. The van der Waals surface area contributed by atoms with Gasteiger partial charge in [0.1, 0.15) is 5.75 Å². The molecular weight excluding hydrogens is 280 g/mol. The van der Waals surface area contributed by atoms with Gasteiger partial charge >= 0.3 is 5.97 Å². The number of aliphatic hydroxyl groups is 1. The first-order valence-electron chi connectivity index (χ1n) is 7.96. The first kappa shape index (κ1) is 18.5. The van der Waals surface area contributed by atoms with Gasteiger partial charge in [0.05, 0.1) is 20.3 Å². The Hall–Kier alpha value is -1.55. The number of carbonyl (C=O) groups excluding carboxylic acids is 1. The predicted octanol–water partition coefficient (Wildman–Crippen LogP) is 3.46. The van der Waals surface area contributed by atoms with E-state index in [9.17, 15) is 9.90 Å². The van der Waals surface area contributed by atoms with E-state index in [-0.39, 0.29) is 12.6 Å². The lowest BCUT2D eigenvalue weighted by Gasteiger charge is -2.28. The van der Waals surface area contributed by atoms with Gasteiger partial charge in [-0.2, -0.15) is 0 Å². The molecule has 1 aromatic carbocycles. The molecule has 0 aromatic heterocycles. The van der Waals surface area contributed by atoms with Crippen molar-refractivity contribution in [2.45, 2.75) is 51.4 Å². The summed E-state index contributed by atoms with van der Waals surface area (Å²) in [6, 6.07) is 7.65. The summed E-state index contributed by atoms with van der Waals surface area (Å²) in [6.07, 6.45) is 4.07.